The van der Waals surface area contributed by atoms with Gasteiger partial charge in [0.15, 0.2) is 6.10 Å². The van der Waals surface area contributed by atoms with Gasteiger partial charge in [0.1, 0.15) is 13.2 Å². The van der Waals surface area contributed by atoms with E-state index in [1.54, 1.807) is 0 Å². The van der Waals surface area contributed by atoms with E-state index in [1.165, 1.54) is 109 Å². The fourth-order valence-electron chi connectivity index (χ4n) is 6.80. The average molecular weight is 813 g/mol. The van der Waals surface area contributed by atoms with Gasteiger partial charge in [0.05, 0.1) is 0 Å². The predicted molar refractivity (Wildman–Crippen MR) is 247 cm³/mol. The first-order chi connectivity index (χ1) is 28.5. The Balaban J connectivity index is 4.34. The molecule has 6 heteroatoms. The molecule has 0 rings (SSSR count). The predicted octanol–water partition coefficient (Wildman–Crippen LogP) is 15.9. The Bertz CT molecular complexity index is 1030. The fraction of sp³-hybridized carbons (Fsp3) is 0.788. The molecule has 58 heavy (non-hydrogen) atoms. The Morgan fingerprint density at radius 2 is 0.621 bits per heavy atom. The summed E-state index contributed by atoms with van der Waals surface area (Å²) in [6.07, 6.45) is 55.2. The minimum Gasteiger partial charge on any atom is -0.462 e. The number of hydrogen-bond acceptors (Lipinski definition) is 6. The molecule has 1 unspecified atom stereocenters. The van der Waals surface area contributed by atoms with Crippen LogP contribution >= 0.6 is 0 Å². The van der Waals surface area contributed by atoms with Gasteiger partial charge in [-0.15, -0.1) is 0 Å². The zero-order chi connectivity index (χ0) is 42.3. The van der Waals surface area contributed by atoms with Crippen molar-refractivity contribution in [2.75, 3.05) is 13.2 Å². The van der Waals surface area contributed by atoms with E-state index < -0.39 is 6.10 Å². The van der Waals surface area contributed by atoms with Crippen LogP contribution in [0.1, 0.15) is 245 Å². The summed E-state index contributed by atoms with van der Waals surface area (Å²) in [4.78, 5) is 37.8. The van der Waals surface area contributed by atoms with E-state index in [2.05, 4.69) is 69.4 Å². The van der Waals surface area contributed by atoms with Crippen molar-refractivity contribution < 1.29 is 28.6 Å². The molecule has 0 amide bonds. The van der Waals surface area contributed by atoms with Crippen LogP contribution in [-0.4, -0.2) is 37.2 Å². The molecule has 1 atom stereocenters. The fourth-order valence-corrected chi connectivity index (χ4v) is 6.80. The summed E-state index contributed by atoms with van der Waals surface area (Å²) in [6, 6.07) is 0. The summed E-state index contributed by atoms with van der Waals surface area (Å²) >= 11 is 0. The Morgan fingerprint density at radius 1 is 0.345 bits per heavy atom. The first kappa shape index (κ1) is 55.4. The third kappa shape index (κ3) is 44.5. The summed E-state index contributed by atoms with van der Waals surface area (Å²) in [6.45, 7) is 6.54. The number of carbonyl (C=O) groups is 3. The van der Waals surface area contributed by atoms with Crippen molar-refractivity contribution in [3.63, 3.8) is 0 Å². The highest BCUT2D eigenvalue weighted by Crippen LogP contribution is 2.14. The van der Waals surface area contributed by atoms with E-state index in [1.807, 2.05) is 0 Å². The lowest BCUT2D eigenvalue weighted by Gasteiger charge is -2.18. The number of allylic oxidation sites excluding steroid dienone is 8. The zero-order valence-corrected chi connectivity index (χ0v) is 38.3. The Kier molecular flexibility index (Phi) is 44.9. The highest BCUT2D eigenvalue weighted by atomic mass is 16.6. The lowest BCUT2D eigenvalue weighted by molar-refractivity contribution is -0.167. The van der Waals surface area contributed by atoms with E-state index in [4.69, 9.17) is 14.2 Å². The van der Waals surface area contributed by atoms with Crippen molar-refractivity contribution in [3.05, 3.63) is 48.6 Å². The smallest absolute Gasteiger partial charge is 0.306 e. The maximum absolute atomic E-state index is 12.7. The lowest BCUT2D eigenvalue weighted by Crippen LogP contribution is -2.30. The molecule has 0 aliphatic heterocycles. The first-order valence-electron chi connectivity index (χ1n) is 24.6. The van der Waals surface area contributed by atoms with Crippen LogP contribution in [-0.2, 0) is 28.6 Å². The molecule has 0 aromatic carbocycles. The molecule has 0 heterocycles. The van der Waals surface area contributed by atoms with Gasteiger partial charge in [-0.3, -0.25) is 14.4 Å². The van der Waals surface area contributed by atoms with Gasteiger partial charge in [-0.05, 0) is 83.5 Å². The van der Waals surface area contributed by atoms with E-state index in [0.29, 0.717) is 19.3 Å². The summed E-state index contributed by atoms with van der Waals surface area (Å²) in [5.41, 5.74) is 0. The molecule has 6 nitrogen and oxygen atoms in total. The molecule has 0 saturated carbocycles. The van der Waals surface area contributed by atoms with Crippen LogP contribution in [0.25, 0.3) is 0 Å². The summed E-state index contributed by atoms with van der Waals surface area (Å²) in [5.74, 6) is -0.903. The lowest BCUT2D eigenvalue weighted by atomic mass is 10.1. The van der Waals surface area contributed by atoms with Crippen molar-refractivity contribution in [2.24, 2.45) is 0 Å². The van der Waals surface area contributed by atoms with E-state index in [9.17, 15) is 14.4 Å². The molecule has 0 aliphatic rings. The van der Waals surface area contributed by atoms with Crippen LogP contribution in [0, 0.1) is 0 Å². The summed E-state index contributed by atoms with van der Waals surface area (Å²) in [7, 11) is 0. The average Bonchev–Trinajstić information content (AvgIpc) is 3.22. The molecule has 0 fully saturated rings. The van der Waals surface area contributed by atoms with Gasteiger partial charge in [0.2, 0.25) is 0 Å². The first-order valence-corrected chi connectivity index (χ1v) is 24.6. The number of carbonyl (C=O) groups excluding carboxylic acids is 3. The molecular formula is C52H92O6. The Hall–Kier alpha value is -2.63. The third-order valence-electron chi connectivity index (χ3n) is 10.6. The monoisotopic (exact) mass is 813 g/mol. The van der Waals surface area contributed by atoms with Crippen molar-refractivity contribution in [1.82, 2.24) is 0 Å². The van der Waals surface area contributed by atoms with Crippen molar-refractivity contribution >= 4 is 17.9 Å². The second-order valence-corrected chi connectivity index (χ2v) is 16.4. The molecule has 0 aromatic rings. The van der Waals surface area contributed by atoms with Crippen molar-refractivity contribution in [2.45, 2.75) is 252 Å². The second kappa shape index (κ2) is 47.1. The maximum atomic E-state index is 12.7. The number of unbranched alkanes of at least 4 members (excludes halogenated alkanes) is 25. The van der Waals surface area contributed by atoms with Crippen LogP contribution in [0.5, 0.6) is 0 Å². The van der Waals surface area contributed by atoms with Crippen molar-refractivity contribution in [3.8, 4) is 0 Å². The maximum Gasteiger partial charge on any atom is 0.306 e. The van der Waals surface area contributed by atoms with E-state index >= 15 is 0 Å². The van der Waals surface area contributed by atoms with Gasteiger partial charge >= 0.3 is 17.9 Å². The molecule has 0 spiro atoms. The highest BCUT2D eigenvalue weighted by Gasteiger charge is 2.19. The van der Waals surface area contributed by atoms with Gasteiger partial charge < -0.3 is 14.2 Å². The highest BCUT2D eigenvalue weighted by molar-refractivity contribution is 5.71. The van der Waals surface area contributed by atoms with E-state index in [-0.39, 0.29) is 31.1 Å². The van der Waals surface area contributed by atoms with Crippen molar-refractivity contribution in [1.29, 1.82) is 0 Å². The Morgan fingerprint density at radius 3 is 0.983 bits per heavy atom. The van der Waals surface area contributed by atoms with Gasteiger partial charge in [-0.1, -0.05) is 191 Å². The number of ether oxygens (including phenoxy) is 3. The normalized spacial score (nSPS) is 12.4. The number of esters is 3. The van der Waals surface area contributed by atoms with Gasteiger partial charge in [-0.2, -0.15) is 0 Å². The molecule has 0 saturated heterocycles. The SMILES string of the molecule is CCCCC/C=C\C/C=C\CCCCCCCCCC(=O)OCC(COC(=O)CCCCCCCCCC)OC(=O)CCCCCCC/C=C\C/C=C\CCCCC. The molecule has 0 N–H and O–H groups in total. The molecule has 0 radical (unpaired) electrons. The molecule has 0 aromatic heterocycles. The summed E-state index contributed by atoms with van der Waals surface area (Å²) in [5, 5.41) is 0. The van der Waals surface area contributed by atoms with E-state index in [0.717, 1.165) is 96.3 Å². The Labute approximate surface area is 358 Å². The van der Waals surface area contributed by atoms with Gasteiger partial charge in [0, 0.05) is 19.3 Å². The zero-order valence-electron chi connectivity index (χ0n) is 38.3. The molecule has 0 aliphatic carbocycles. The molecule has 336 valence electrons. The van der Waals surface area contributed by atoms with Gasteiger partial charge in [-0.25, -0.2) is 0 Å². The van der Waals surface area contributed by atoms with Crippen LogP contribution in [0.15, 0.2) is 48.6 Å². The largest absolute Gasteiger partial charge is 0.462 e. The minimum atomic E-state index is -0.779. The third-order valence-corrected chi connectivity index (χ3v) is 10.6. The van der Waals surface area contributed by atoms with Gasteiger partial charge in [0.25, 0.3) is 0 Å². The molecule has 0 bridgehead atoms. The van der Waals surface area contributed by atoms with Crippen LogP contribution in [0.4, 0.5) is 0 Å². The standard InChI is InChI=1S/C52H92O6/c1-4-7-10-13-16-19-21-23-25-26-28-29-31-33-36-39-42-45-51(54)57-48-49(47-56-50(53)44-41-38-35-18-15-12-9-6-3)58-52(55)46-43-40-37-34-32-30-27-24-22-20-17-14-11-8-5-2/h16-17,19-20,23-25,27,49H,4-15,18,21-22,26,28-48H2,1-3H3/b19-16-,20-17-,25-23-,27-24-. The van der Waals surface area contributed by atoms with Crippen LogP contribution in [0.2, 0.25) is 0 Å². The quantitative estimate of drug-likeness (QED) is 0.0264. The molecular weight excluding hydrogens is 721 g/mol. The van der Waals surface area contributed by atoms with Crippen LogP contribution in [0.3, 0.4) is 0 Å². The topological polar surface area (TPSA) is 78.9 Å². The second-order valence-electron chi connectivity index (χ2n) is 16.4. The number of hydrogen-bond donors (Lipinski definition) is 0. The number of rotatable bonds is 44. The minimum absolute atomic E-state index is 0.0804. The van der Waals surface area contributed by atoms with Crippen LogP contribution < -0.4 is 0 Å². The summed E-state index contributed by atoms with van der Waals surface area (Å²) < 4.78 is 16.7.